The Hall–Kier alpha value is -1.35. The first kappa shape index (κ1) is 18.4. The van der Waals surface area contributed by atoms with E-state index in [1.165, 1.54) is 56.2 Å². The van der Waals surface area contributed by atoms with Crippen molar-refractivity contribution in [2.45, 2.75) is 82.1 Å². The number of carbonyl (C=O) groups is 1. The Morgan fingerprint density at radius 2 is 1.93 bits per heavy atom. The Balaban J connectivity index is 1.35. The van der Waals surface area contributed by atoms with Gasteiger partial charge < -0.3 is 5.11 Å². The molecule has 3 heteroatoms. The third kappa shape index (κ3) is 3.07. The Labute approximate surface area is 174 Å². The van der Waals surface area contributed by atoms with Gasteiger partial charge >= 0.3 is 0 Å². The molecule has 6 rings (SSSR count). The number of aromatic hydroxyl groups is 1. The van der Waals surface area contributed by atoms with Gasteiger partial charge in [0.2, 0.25) is 0 Å². The van der Waals surface area contributed by atoms with Crippen LogP contribution < -0.4 is 0 Å². The van der Waals surface area contributed by atoms with Crippen LogP contribution in [0.3, 0.4) is 0 Å². The molecular weight excluding hydrogens is 358 g/mol. The zero-order valence-corrected chi connectivity index (χ0v) is 17.6. The molecule has 3 saturated carbocycles. The number of phenols is 1. The van der Waals surface area contributed by atoms with Gasteiger partial charge in [0.25, 0.3) is 0 Å². The molecule has 1 aliphatic heterocycles. The molecular formula is C26H35NO2. The summed E-state index contributed by atoms with van der Waals surface area (Å²) < 4.78 is 0. The summed E-state index contributed by atoms with van der Waals surface area (Å²) in [6.07, 6.45) is 13.4. The smallest absolute Gasteiger partial charge is 0.136 e. The summed E-state index contributed by atoms with van der Waals surface area (Å²) in [7, 11) is 0. The van der Waals surface area contributed by atoms with Crippen LogP contribution in [0, 0.1) is 23.7 Å². The van der Waals surface area contributed by atoms with E-state index in [9.17, 15) is 9.90 Å². The SMILES string of the molecule is O=C1C[C@]23CCN(CC4CC4)[C@H](Cc4ccc(O)cc42)[C@@H]3C[C@@H]1CC1CCCC1. The van der Waals surface area contributed by atoms with E-state index < -0.39 is 0 Å². The zero-order valence-electron chi connectivity index (χ0n) is 17.6. The van der Waals surface area contributed by atoms with Gasteiger partial charge in [-0.1, -0.05) is 31.7 Å². The lowest BCUT2D eigenvalue weighted by Crippen LogP contribution is -2.63. The van der Waals surface area contributed by atoms with Gasteiger partial charge in [-0.05, 0) is 86.1 Å². The number of piperidine rings is 1. The molecule has 1 heterocycles. The van der Waals surface area contributed by atoms with E-state index in [4.69, 9.17) is 0 Å². The van der Waals surface area contributed by atoms with Gasteiger partial charge in [-0.3, -0.25) is 9.69 Å². The summed E-state index contributed by atoms with van der Waals surface area (Å²) in [5, 5.41) is 10.3. The third-order valence-electron chi connectivity index (χ3n) is 9.31. The van der Waals surface area contributed by atoms with E-state index in [0.29, 0.717) is 29.4 Å². The lowest BCUT2D eigenvalue weighted by molar-refractivity contribution is -0.134. The normalized spacial score (nSPS) is 37.4. The van der Waals surface area contributed by atoms with Crippen LogP contribution in [0.1, 0.15) is 75.3 Å². The van der Waals surface area contributed by atoms with Crippen molar-refractivity contribution in [3.05, 3.63) is 29.3 Å². The van der Waals surface area contributed by atoms with Crippen molar-refractivity contribution in [2.75, 3.05) is 13.1 Å². The molecule has 1 aromatic rings. The highest BCUT2D eigenvalue weighted by molar-refractivity contribution is 5.84. The number of hydrogen-bond donors (Lipinski definition) is 1. The van der Waals surface area contributed by atoms with Crippen LogP contribution in [0.15, 0.2) is 18.2 Å². The fraction of sp³-hybridized carbons (Fsp3) is 0.731. The first-order valence-electron chi connectivity index (χ1n) is 12.2. The molecule has 156 valence electrons. The van der Waals surface area contributed by atoms with Crippen LogP contribution >= 0.6 is 0 Å². The van der Waals surface area contributed by atoms with Crippen molar-refractivity contribution >= 4 is 5.78 Å². The van der Waals surface area contributed by atoms with Crippen LogP contribution in [-0.2, 0) is 16.6 Å². The average molecular weight is 394 g/mol. The highest BCUT2D eigenvalue weighted by atomic mass is 16.3. The van der Waals surface area contributed by atoms with E-state index in [0.717, 1.165) is 50.5 Å². The molecule has 2 bridgehead atoms. The Morgan fingerprint density at radius 1 is 1.10 bits per heavy atom. The lowest BCUT2D eigenvalue weighted by atomic mass is 9.50. The number of carbonyl (C=O) groups excluding carboxylic acids is 1. The number of Topliss-reactive ketones (excluding diaryl/α,β-unsaturated/α-hetero) is 1. The number of hydrogen-bond acceptors (Lipinski definition) is 3. The number of ketones is 1. The number of likely N-dealkylation sites (tertiary alicyclic amines) is 1. The van der Waals surface area contributed by atoms with Crippen LogP contribution in [-0.4, -0.2) is 34.9 Å². The topological polar surface area (TPSA) is 40.5 Å². The van der Waals surface area contributed by atoms with Crippen molar-refractivity contribution in [3.63, 3.8) is 0 Å². The summed E-state index contributed by atoms with van der Waals surface area (Å²) in [5.41, 5.74) is 2.70. The van der Waals surface area contributed by atoms with Gasteiger partial charge in [-0.25, -0.2) is 0 Å². The third-order valence-corrected chi connectivity index (χ3v) is 9.31. The molecule has 5 aliphatic rings. The molecule has 3 nitrogen and oxygen atoms in total. The van der Waals surface area contributed by atoms with Crippen molar-refractivity contribution in [1.82, 2.24) is 4.90 Å². The molecule has 4 aliphatic carbocycles. The summed E-state index contributed by atoms with van der Waals surface area (Å²) in [6, 6.07) is 6.61. The van der Waals surface area contributed by atoms with E-state index >= 15 is 0 Å². The maximum atomic E-state index is 13.4. The van der Waals surface area contributed by atoms with Gasteiger partial charge in [0.1, 0.15) is 11.5 Å². The number of benzene rings is 1. The number of fused-ring (bicyclic) bond motifs is 1. The Bertz CT molecular complexity index is 809. The summed E-state index contributed by atoms with van der Waals surface area (Å²) in [4.78, 5) is 16.2. The molecule has 4 atom stereocenters. The quantitative estimate of drug-likeness (QED) is 0.795. The fourth-order valence-electron chi connectivity index (χ4n) is 7.68. The Kier molecular flexibility index (Phi) is 4.34. The minimum Gasteiger partial charge on any atom is -0.508 e. The second kappa shape index (κ2) is 6.83. The maximum Gasteiger partial charge on any atom is 0.136 e. The second-order valence-electron chi connectivity index (χ2n) is 11.0. The van der Waals surface area contributed by atoms with Crippen LogP contribution in [0.2, 0.25) is 0 Å². The predicted molar refractivity (Wildman–Crippen MR) is 114 cm³/mol. The fourth-order valence-corrected chi connectivity index (χ4v) is 7.68. The summed E-state index contributed by atoms with van der Waals surface area (Å²) >= 11 is 0. The summed E-state index contributed by atoms with van der Waals surface area (Å²) in [5.74, 6) is 3.49. The molecule has 1 aromatic carbocycles. The largest absolute Gasteiger partial charge is 0.508 e. The van der Waals surface area contributed by atoms with Crippen LogP contribution in [0.4, 0.5) is 0 Å². The second-order valence-corrected chi connectivity index (χ2v) is 11.0. The van der Waals surface area contributed by atoms with Gasteiger partial charge in [0.15, 0.2) is 0 Å². The first-order valence-corrected chi connectivity index (χ1v) is 12.2. The minimum absolute atomic E-state index is 0.0136. The van der Waals surface area contributed by atoms with E-state index in [1.54, 1.807) is 0 Å². The Morgan fingerprint density at radius 3 is 2.72 bits per heavy atom. The van der Waals surface area contributed by atoms with Gasteiger partial charge in [-0.2, -0.15) is 0 Å². The van der Waals surface area contributed by atoms with Crippen molar-refractivity contribution in [3.8, 4) is 5.75 Å². The molecule has 0 spiro atoms. The number of rotatable bonds is 4. The first-order chi connectivity index (χ1) is 14.1. The number of nitrogens with zero attached hydrogens (tertiary/aromatic N) is 1. The van der Waals surface area contributed by atoms with Crippen molar-refractivity contribution < 1.29 is 9.90 Å². The lowest BCUT2D eigenvalue weighted by Gasteiger charge is -2.60. The molecule has 0 aromatic heterocycles. The molecule has 0 unspecified atom stereocenters. The van der Waals surface area contributed by atoms with Crippen LogP contribution in [0.25, 0.3) is 0 Å². The zero-order chi connectivity index (χ0) is 19.6. The van der Waals surface area contributed by atoms with Crippen molar-refractivity contribution in [1.29, 1.82) is 0 Å². The molecule has 4 fully saturated rings. The molecule has 1 saturated heterocycles. The minimum atomic E-state index is -0.0136. The predicted octanol–water partition coefficient (Wildman–Crippen LogP) is 4.85. The van der Waals surface area contributed by atoms with E-state index in [-0.39, 0.29) is 5.41 Å². The highest BCUT2D eigenvalue weighted by Gasteiger charge is 2.57. The van der Waals surface area contributed by atoms with Gasteiger partial charge in [0, 0.05) is 30.3 Å². The molecule has 0 radical (unpaired) electrons. The standard InChI is InChI=1S/C26H35NO2/c28-21-8-7-19-13-24-23-12-20(11-17-3-1-2-4-17)25(29)15-26(23,22(19)14-21)9-10-27(24)16-18-5-6-18/h7-8,14,17-18,20,23-24,28H,1-6,9-13,15-16H2/t20-,23-,24+,26+/m0/s1. The van der Waals surface area contributed by atoms with Gasteiger partial charge in [0.05, 0.1) is 0 Å². The van der Waals surface area contributed by atoms with Gasteiger partial charge in [-0.15, -0.1) is 0 Å². The van der Waals surface area contributed by atoms with Crippen molar-refractivity contribution in [2.24, 2.45) is 23.7 Å². The molecule has 29 heavy (non-hydrogen) atoms. The van der Waals surface area contributed by atoms with E-state index in [1.807, 2.05) is 12.1 Å². The molecule has 1 N–H and O–H groups in total. The average Bonchev–Trinajstić information content (AvgIpc) is 3.38. The number of phenolic OH excluding ortho intramolecular Hbond substituents is 1. The van der Waals surface area contributed by atoms with Crippen LogP contribution in [0.5, 0.6) is 5.75 Å². The highest BCUT2D eigenvalue weighted by Crippen LogP contribution is 2.57. The molecule has 0 amide bonds. The maximum absolute atomic E-state index is 13.4. The monoisotopic (exact) mass is 393 g/mol. The summed E-state index contributed by atoms with van der Waals surface area (Å²) in [6.45, 7) is 2.40. The van der Waals surface area contributed by atoms with E-state index in [2.05, 4.69) is 11.0 Å².